The summed E-state index contributed by atoms with van der Waals surface area (Å²) >= 11 is 0. The van der Waals surface area contributed by atoms with Gasteiger partial charge in [-0.05, 0) is 18.8 Å². The Balaban J connectivity index is 0. The van der Waals surface area contributed by atoms with Gasteiger partial charge in [-0.15, -0.1) is 0 Å². The van der Waals surface area contributed by atoms with Gasteiger partial charge in [0.15, 0.2) is 0 Å². The van der Waals surface area contributed by atoms with Gasteiger partial charge in [-0.1, -0.05) is 26.7 Å². The topological polar surface area (TPSA) is 40.1 Å². The standard InChI is InChI=1S/C8H16O2.Na/c1-3-5-7(6-4-2)8(9)10;/h7H,3-6H2,1-2H3,(H,9,10);/q;+1/p-1/i1+1,2+1,3+1,4+1;. The molecule has 0 aliphatic rings. The fourth-order valence-electron chi connectivity index (χ4n) is 1.08. The van der Waals surface area contributed by atoms with E-state index in [0.717, 1.165) is 25.7 Å². The minimum absolute atomic E-state index is 0. The molecule has 60 valence electrons. The van der Waals surface area contributed by atoms with Crippen LogP contribution in [0.15, 0.2) is 0 Å². The minimum Gasteiger partial charge on any atom is -0.550 e. The average molecular weight is 170 g/mol. The van der Waals surface area contributed by atoms with Crippen molar-refractivity contribution in [1.29, 1.82) is 0 Å². The maximum absolute atomic E-state index is 10.4. The van der Waals surface area contributed by atoms with Crippen molar-refractivity contribution in [2.75, 3.05) is 0 Å². The van der Waals surface area contributed by atoms with Crippen LogP contribution in [0.1, 0.15) is 39.5 Å². The Morgan fingerprint density at radius 2 is 1.64 bits per heavy atom. The van der Waals surface area contributed by atoms with Gasteiger partial charge in [-0.25, -0.2) is 0 Å². The smallest absolute Gasteiger partial charge is 0.550 e. The Labute approximate surface area is 90.7 Å². The number of carboxylic acid groups (broad SMARTS) is 1. The summed E-state index contributed by atoms with van der Waals surface area (Å²) in [6.45, 7) is 3.98. The summed E-state index contributed by atoms with van der Waals surface area (Å²) in [6.07, 6.45) is 3.38. The van der Waals surface area contributed by atoms with E-state index in [9.17, 15) is 9.90 Å². The van der Waals surface area contributed by atoms with Crippen LogP contribution in [-0.2, 0) is 4.79 Å². The van der Waals surface area contributed by atoms with E-state index in [2.05, 4.69) is 0 Å². The summed E-state index contributed by atoms with van der Waals surface area (Å²) in [5.41, 5.74) is 0. The number of carbonyl (C=O) groups excluding carboxylic acids is 1. The molecule has 0 fully saturated rings. The Bertz CT molecular complexity index is 98.3. The average Bonchev–Trinajstić information content (AvgIpc) is 1.87. The fourth-order valence-corrected chi connectivity index (χ4v) is 1.08. The van der Waals surface area contributed by atoms with Crippen LogP contribution in [-0.4, -0.2) is 5.97 Å². The van der Waals surface area contributed by atoms with Gasteiger partial charge in [0, 0.05) is 5.97 Å². The summed E-state index contributed by atoms with van der Waals surface area (Å²) in [5.74, 6) is -1.10. The van der Waals surface area contributed by atoms with Crippen molar-refractivity contribution in [3.05, 3.63) is 0 Å². The number of carboxylic acids is 1. The van der Waals surface area contributed by atoms with Gasteiger partial charge in [0.25, 0.3) is 0 Å². The largest absolute Gasteiger partial charge is 1.00 e. The molecule has 0 radical (unpaired) electrons. The maximum atomic E-state index is 10.4. The normalized spacial score (nSPS) is 9.36. The predicted octanol–water partition coefficient (Wildman–Crippen LogP) is -2.04. The van der Waals surface area contributed by atoms with Crippen LogP contribution in [0, 0.1) is 5.92 Å². The fraction of sp³-hybridized carbons (Fsp3) is 0.875. The molecule has 0 rings (SSSR count). The number of hydrogen-bond donors (Lipinski definition) is 0. The Kier molecular flexibility index (Phi) is 10.9. The van der Waals surface area contributed by atoms with Crippen molar-refractivity contribution in [3.63, 3.8) is 0 Å². The van der Waals surface area contributed by atoms with Crippen molar-refractivity contribution in [2.45, 2.75) is 39.5 Å². The molecule has 0 heterocycles. The van der Waals surface area contributed by atoms with E-state index in [1.54, 1.807) is 0 Å². The van der Waals surface area contributed by atoms with E-state index in [0.29, 0.717) is 0 Å². The second-order valence-corrected chi connectivity index (χ2v) is 2.59. The summed E-state index contributed by atoms with van der Waals surface area (Å²) in [4.78, 5) is 10.4. The Morgan fingerprint density at radius 1 is 1.27 bits per heavy atom. The molecule has 0 spiro atoms. The van der Waals surface area contributed by atoms with Gasteiger partial charge >= 0.3 is 29.6 Å². The van der Waals surface area contributed by atoms with E-state index < -0.39 is 5.97 Å². The first-order chi connectivity index (χ1) is 4.72. The van der Waals surface area contributed by atoms with E-state index in [1.165, 1.54) is 0 Å². The molecule has 0 saturated carbocycles. The van der Waals surface area contributed by atoms with Crippen LogP contribution in [0.5, 0.6) is 0 Å². The third-order valence-corrected chi connectivity index (χ3v) is 1.61. The Morgan fingerprint density at radius 3 is 1.82 bits per heavy atom. The molecule has 3 heteroatoms. The van der Waals surface area contributed by atoms with Gasteiger partial charge < -0.3 is 9.90 Å². The molecule has 2 nitrogen and oxygen atoms in total. The zero-order valence-corrected chi connectivity index (χ0v) is 9.72. The van der Waals surface area contributed by atoms with Crippen molar-refractivity contribution in [2.24, 2.45) is 5.92 Å². The molecule has 0 aliphatic heterocycles. The zero-order chi connectivity index (χ0) is 7.98. The molecule has 0 aromatic rings. The van der Waals surface area contributed by atoms with Gasteiger partial charge in [-0.2, -0.15) is 0 Å². The number of hydrogen-bond acceptors (Lipinski definition) is 2. The van der Waals surface area contributed by atoms with Crippen LogP contribution in [0.4, 0.5) is 0 Å². The van der Waals surface area contributed by atoms with Crippen molar-refractivity contribution in [3.8, 4) is 0 Å². The van der Waals surface area contributed by atoms with Crippen LogP contribution in [0.25, 0.3) is 0 Å². The van der Waals surface area contributed by atoms with E-state index in [4.69, 9.17) is 0 Å². The second kappa shape index (κ2) is 8.57. The maximum Gasteiger partial charge on any atom is 1.00 e. The molecule has 0 amide bonds. The first-order valence-corrected chi connectivity index (χ1v) is 3.93. The van der Waals surface area contributed by atoms with Crippen LogP contribution < -0.4 is 34.7 Å². The van der Waals surface area contributed by atoms with E-state index >= 15 is 0 Å². The molecule has 11 heavy (non-hydrogen) atoms. The van der Waals surface area contributed by atoms with E-state index in [-0.39, 0.29) is 35.5 Å². The van der Waals surface area contributed by atoms with Crippen LogP contribution in [0.3, 0.4) is 0 Å². The monoisotopic (exact) mass is 170 g/mol. The Hall–Kier alpha value is 0.470. The first-order valence-electron chi connectivity index (χ1n) is 3.93. The molecule has 0 aromatic heterocycles. The molecule has 0 unspecified atom stereocenters. The molecule has 0 aliphatic carbocycles. The van der Waals surface area contributed by atoms with Crippen LogP contribution in [0.2, 0.25) is 0 Å². The number of carbonyl (C=O) groups is 1. The molecular weight excluding hydrogens is 155 g/mol. The molecule has 0 saturated heterocycles. The predicted molar refractivity (Wildman–Crippen MR) is 38.3 cm³/mol. The second-order valence-electron chi connectivity index (χ2n) is 2.59. The van der Waals surface area contributed by atoms with E-state index in [1.807, 2.05) is 13.8 Å². The minimum atomic E-state index is -0.885. The first kappa shape index (κ1) is 14.0. The van der Waals surface area contributed by atoms with Gasteiger partial charge in [0.2, 0.25) is 0 Å². The molecular formula is C8H15NaO2. The molecule has 0 atom stereocenters. The number of rotatable bonds is 5. The summed E-state index contributed by atoms with van der Waals surface area (Å²) in [6, 6.07) is 0. The van der Waals surface area contributed by atoms with Crippen LogP contribution >= 0.6 is 0 Å². The van der Waals surface area contributed by atoms with Crippen molar-refractivity contribution < 1.29 is 39.5 Å². The summed E-state index contributed by atoms with van der Waals surface area (Å²) in [7, 11) is 0. The summed E-state index contributed by atoms with van der Waals surface area (Å²) < 4.78 is 0. The van der Waals surface area contributed by atoms with Gasteiger partial charge in [0.1, 0.15) is 0 Å². The molecule has 0 bridgehead atoms. The third-order valence-electron chi connectivity index (χ3n) is 1.61. The van der Waals surface area contributed by atoms with Gasteiger partial charge in [0.05, 0.1) is 0 Å². The van der Waals surface area contributed by atoms with Gasteiger partial charge in [-0.3, -0.25) is 0 Å². The summed E-state index contributed by atoms with van der Waals surface area (Å²) in [5, 5.41) is 10.4. The van der Waals surface area contributed by atoms with Crippen molar-refractivity contribution in [1.82, 2.24) is 0 Å². The number of aliphatic carboxylic acids is 1. The quantitative estimate of drug-likeness (QED) is 0.352. The van der Waals surface area contributed by atoms with Crippen molar-refractivity contribution >= 4 is 5.97 Å². The molecule has 0 aromatic carbocycles. The third kappa shape index (κ3) is 6.85. The SMILES string of the molecule is [13CH3][13CH2]CC(C[13CH2][13CH3])C(=O)[O-].[Na+]. The molecule has 0 N–H and O–H groups in total. The zero-order valence-electron chi connectivity index (χ0n) is 7.72.